The third-order valence-electron chi connectivity index (χ3n) is 3.21. The van der Waals surface area contributed by atoms with E-state index in [1.807, 2.05) is 31.1 Å². The Balaban J connectivity index is 0.00000338. The maximum absolute atomic E-state index is 12.6. The van der Waals surface area contributed by atoms with Gasteiger partial charge in [-0.15, -0.1) is 35.3 Å². The molecule has 0 saturated carbocycles. The van der Waals surface area contributed by atoms with Crippen LogP contribution in [-0.2, 0) is 19.3 Å². The number of guanidine groups is 1. The van der Waals surface area contributed by atoms with Crippen molar-refractivity contribution in [3.05, 3.63) is 40.0 Å². The van der Waals surface area contributed by atoms with Gasteiger partial charge in [0, 0.05) is 44.8 Å². The van der Waals surface area contributed by atoms with Gasteiger partial charge in [0.25, 0.3) is 0 Å². The summed E-state index contributed by atoms with van der Waals surface area (Å²) in [5, 5.41) is 7.41. The Morgan fingerprint density at radius 3 is 2.54 bits per heavy atom. The highest BCUT2D eigenvalue weighted by Crippen LogP contribution is 2.29. The summed E-state index contributed by atoms with van der Waals surface area (Å²) in [6, 6.07) is 3.79. The molecule has 11 heteroatoms. The number of rotatable bonds is 5. The molecule has 26 heavy (non-hydrogen) atoms. The van der Waals surface area contributed by atoms with Crippen LogP contribution in [0, 0.1) is 0 Å². The van der Waals surface area contributed by atoms with Gasteiger partial charge in [0.2, 0.25) is 0 Å². The highest BCUT2D eigenvalue weighted by atomic mass is 127. The fourth-order valence-corrected chi connectivity index (χ4v) is 2.79. The van der Waals surface area contributed by atoms with Crippen molar-refractivity contribution in [2.24, 2.45) is 4.99 Å². The molecule has 0 aliphatic rings. The molecule has 2 aromatic rings. The predicted octanol–water partition coefficient (Wildman–Crippen LogP) is 3.11. The van der Waals surface area contributed by atoms with Crippen LogP contribution in [0.15, 0.2) is 28.7 Å². The molecule has 2 heterocycles. The van der Waals surface area contributed by atoms with Crippen molar-refractivity contribution in [2.75, 3.05) is 26.0 Å². The lowest BCUT2D eigenvalue weighted by atomic mass is 10.2. The maximum atomic E-state index is 12.6. The van der Waals surface area contributed by atoms with Crippen LogP contribution in [0.3, 0.4) is 0 Å². The molecule has 0 unspecified atom stereocenters. The van der Waals surface area contributed by atoms with Gasteiger partial charge in [0.1, 0.15) is 10.8 Å². The number of anilines is 1. The highest BCUT2D eigenvalue weighted by molar-refractivity contribution is 14.0. The molecule has 2 rings (SSSR count). The lowest BCUT2D eigenvalue weighted by Gasteiger charge is -2.17. The smallest absolute Gasteiger partial charge is 0.362 e. The Hall–Kier alpha value is -1.63. The number of thiazole rings is 1. The second-order valence-electron chi connectivity index (χ2n) is 5.28. The summed E-state index contributed by atoms with van der Waals surface area (Å²) < 4.78 is 37.7. The van der Waals surface area contributed by atoms with Crippen LogP contribution in [0.4, 0.5) is 19.0 Å². The molecule has 0 saturated heterocycles. The standard InChI is InChI=1S/C15H19F3N6S.HI/c1-19-14(21-7-10-5-4-6-20-13(10)24(2)3)22-8-12-23-11(9-25-12)15(16,17)18;/h4-6,9H,7-8H2,1-3H3,(H2,19,21,22);1H. The Kier molecular flexibility index (Phi) is 8.53. The average Bonchev–Trinajstić information content (AvgIpc) is 3.04. The van der Waals surface area contributed by atoms with E-state index in [9.17, 15) is 13.2 Å². The van der Waals surface area contributed by atoms with Crippen LogP contribution in [0.25, 0.3) is 0 Å². The largest absolute Gasteiger partial charge is 0.434 e. The van der Waals surface area contributed by atoms with Gasteiger partial charge in [-0.2, -0.15) is 13.2 Å². The summed E-state index contributed by atoms with van der Waals surface area (Å²) in [6.07, 6.45) is -2.70. The third-order valence-corrected chi connectivity index (χ3v) is 4.06. The molecular formula is C15H20F3IN6S. The van der Waals surface area contributed by atoms with Crippen molar-refractivity contribution in [3.63, 3.8) is 0 Å². The van der Waals surface area contributed by atoms with Gasteiger partial charge in [-0.1, -0.05) is 6.07 Å². The zero-order valence-corrected chi connectivity index (χ0v) is 17.6. The van der Waals surface area contributed by atoms with Gasteiger partial charge in [-0.05, 0) is 6.07 Å². The molecule has 0 radical (unpaired) electrons. The van der Waals surface area contributed by atoms with Crippen LogP contribution in [-0.4, -0.2) is 37.1 Å². The molecular weight excluding hydrogens is 480 g/mol. The van der Waals surface area contributed by atoms with E-state index in [-0.39, 0.29) is 30.5 Å². The van der Waals surface area contributed by atoms with Crippen molar-refractivity contribution in [1.29, 1.82) is 0 Å². The first-order valence-corrected chi connectivity index (χ1v) is 8.26. The van der Waals surface area contributed by atoms with Gasteiger partial charge >= 0.3 is 6.18 Å². The molecule has 0 amide bonds. The highest BCUT2D eigenvalue weighted by Gasteiger charge is 2.33. The number of nitrogens with zero attached hydrogens (tertiary/aromatic N) is 4. The van der Waals surface area contributed by atoms with Gasteiger partial charge in [0.15, 0.2) is 11.7 Å². The first-order chi connectivity index (χ1) is 11.8. The van der Waals surface area contributed by atoms with Crippen LogP contribution >= 0.6 is 35.3 Å². The van der Waals surface area contributed by atoms with Gasteiger partial charge in [-0.25, -0.2) is 9.97 Å². The summed E-state index contributed by atoms with van der Waals surface area (Å²) in [4.78, 5) is 13.9. The molecule has 144 valence electrons. The SMILES string of the molecule is CN=C(NCc1nc(C(F)(F)F)cs1)NCc1cccnc1N(C)C.I. The second-order valence-corrected chi connectivity index (χ2v) is 6.23. The number of pyridine rings is 1. The van der Waals surface area contributed by atoms with E-state index in [0.717, 1.165) is 28.1 Å². The summed E-state index contributed by atoms with van der Waals surface area (Å²) in [5.41, 5.74) is 0.104. The molecule has 6 nitrogen and oxygen atoms in total. The monoisotopic (exact) mass is 500 g/mol. The number of aliphatic imine (C=N–C) groups is 1. The van der Waals surface area contributed by atoms with Crippen LogP contribution in [0.1, 0.15) is 16.3 Å². The molecule has 2 aromatic heterocycles. The Labute approximate surface area is 171 Å². The Morgan fingerprint density at radius 1 is 1.27 bits per heavy atom. The number of hydrogen-bond donors (Lipinski definition) is 2. The van der Waals surface area contributed by atoms with E-state index in [1.54, 1.807) is 13.2 Å². The van der Waals surface area contributed by atoms with Gasteiger partial charge < -0.3 is 15.5 Å². The van der Waals surface area contributed by atoms with Crippen molar-refractivity contribution in [3.8, 4) is 0 Å². The van der Waals surface area contributed by atoms with E-state index in [2.05, 4.69) is 25.6 Å². The fraction of sp³-hybridized carbons (Fsp3) is 0.400. The molecule has 0 aromatic carbocycles. The Morgan fingerprint density at radius 2 is 1.96 bits per heavy atom. The summed E-state index contributed by atoms with van der Waals surface area (Å²) in [6.45, 7) is 0.640. The summed E-state index contributed by atoms with van der Waals surface area (Å²) in [5.74, 6) is 1.30. The average molecular weight is 500 g/mol. The minimum absolute atomic E-state index is 0. The van der Waals surface area contributed by atoms with Crippen molar-refractivity contribution < 1.29 is 13.2 Å². The Bertz CT molecular complexity index is 732. The van der Waals surface area contributed by atoms with Crippen molar-refractivity contribution in [1.82, 2.24) is 20.6 Å². The zero-order chi connectivity index (χ0) is 18.4. The van der Waals surface area contributed by atoms with Gasteiger partial charge in [0.05, 0.1) is 6.54 Å². The predicted molar refractivity (Wildman–Crippen MR) is 108 cm³/mol. The third kappa shape index (κ3) is 6.27. The molecule has 0 aliphatic heterocycles. The first kappa shape index (κ1) is 22.4. The minimum atomic E-state index is -4.42. The first-order valence-electron chi connectivity index (χ1n) is 7.38. The molecule has 0 aliphatic carbocycles. The molecule has 0 atom stereocenters. The van der Waals surface area contributed by atoms with E-state index < -0.39 is 11.9 Å². The lowest BCUT2D eigenvalue weighted by Crippen LogP contribution is -2.36. The normalized spacial score (nSPS) is 11.7. The maximum Gasteiger partial charge on any atom is 0.434 e. The number of hydrogen-bond acceptors (Lipinski definition) is 5. The van der Waals surface area contributed by atoms with E-state index >= 15 is 0 Å². The van der Waals surface area contributed by atoms with E-state index in [1.165, 1.54) is 0 Å². The summed E-state index contributed by atoms with van der Waals surface area (Å²) >= 11 is 0.957. The van der Waals surface area contributed by atoms with Crippen LogP contribution in [0.2, 0.25) is 0 Å². The molecule has 0 spiro atoms. The molecule has 0 bridgehead atoms. The quantitative estimate of drug-likeness (QED) is 0.376. The number of aromatic nitrogens is 2. The summed E-state index contributed by atoms with van der Waals surface area (Å²) in [7, 11) is 5.40. The molecule has 2 N–H and O–H groups in total. The van der Waals surface area contributed by atoms with Crippen molar-refractivity contribution in [2.45, 2.75) is 19.3 Å². The minimum Gasteiger partial charge on any atom is -0.362 e. The van der Waals surface area contributed by atoms with Crippen LogP contribution in [0.5, 0.6) is 0 Å². The fourth-order valence-electron chi connectivity index (χ4n) is 2.05. The molecule has 0 fully saturated rings. The lowest BCUT2D eigenvalue weighted by molar-refractivity contribution is -0.140. The van der Waals surface area contributed by atoms with E-state index in [0.29, 0.717) is 17.5 Å². The van der Waals surface area contributed by atoms with E-state index in [4.69, 9.17) is 0 Å². The topological polar surface area (TPSA) is 65.4 Å². The zero-order valence-electron chi connectivity index (χ0n) is 14.5. The number of halogens is 4. The second kappa shape index (κ2) is 9.90. The number of nitrogens with one attached hydrogen (secondary N) is 2. The number of alkyl halides is 3. The van der Waals surface area contributed by atoms with Crippen molar-refractivity contribution >= 4 is 47.1 Å². The van der Waals surface area contributed by atoms with Crippen LogP contribution < -0.4 is 15.5 Å². The van der Waals surface area contributed by atoms with Gasteiger partial charge in [-0.3, -0.25) is 4.99 Å².